The molecule has 2 N–H and O–H groups in total. The van der Waals surface area contributed by atoms with Crippen LogP contribution in [-0.2, 0) is 15.0 Å². The third-order valence-corrected chi connectivity index (χ3v) is 5.98. The Morgan fingerprint density at radius 3 is 2.74 bits per heavy atom. The lowest BCUT2D eigenvalue weighted by atomic mass is 9.84. The number of fused-ring (bicyclic) bond motifs is 1. The fourth-order valence-electron chi connectivity index (χ4n) is 3.97. The smallest absolute Gasteiger partial charge is 0.423 e. The molecule has 0 aromatic heterocycles. The van der Waals surface area contributed by atoms with E-state index in [2.05, 4.69) is 4.18 Å². The van der Waals surface area contributed by atoms with Crippen LogP contribution in [0.5, 0.6) is 5.75 Å². The van der Waals surface area contributed by atoms with Crippen LogP contribution in [0, 0.1) is 17.6 Å². The second-order valence-electron chi connectivity index (χ2n) is 6.98. The molecule has 27 heavy (non-hydrogen) atoms. The van der Waals surface area contributed by atoms with E-state index in [1.54, 1.807) is 4.72 Å². The van der Waals surface area contributed by atoms with Crippen molar-refractivity contribution in [2.24, 2.45) is 5.92 Å². The topological polar surface area (TPSA) is 86.1 Å². The van der Waals surface area contributed by atoms with Gasteiger partial charge in [0.2, 0.25) is 0 Å². The molecule has 2 aliphatic heterocycles. The van der Waals surface area contributed by atoms with E-state index in [0.717, 1.165) is 50.9 Å². The minimum Gasteiger partial charge on any atom is -0.448 e. The highest BCUT2D eigenvalue weighted by molar-refractivity contribution is 7.85. The van der Waals surface area contributed by atoms with Gasteiger partial charge >= 0.3 is 16.4 Å². The zero-order valence-electron chi connectivity index (χ0n) is 14.7. The minimum atomic E-state index is -4.64. The molecule has 1 amide bonds. The first-order valence-electron chi connectivity index (χ1n) is 9.03. The summed E-state index contributed by atoms with van der Waals surface area (Å²) in [4.78, 5) is 13.4. The first-order chi connectivity index (χ1) is 12.8. The van der Waals surface area contributed by atoms with Crippen molar-refractivity contribution in [3.05, 3.63) is 29.8 Å². The third-order valence-electron chi connectivity index (χ3n) is 5.16. The average molecular weight is 405 g/mol. The lowest BCUT2D eigenvalue weighted by Crippen LogP contribution is -3.18. The van der Waals surface area contributed by atoms with Gasteiger partial charge in [-0.2, -0.15) is 13.1 Å². The van der Waals surface area contributed by atoms with E-state index in [4.69, 9.17) is 4.74 Å². The van der Waals surface area contributed by atoms with Crippen LogP contribution in [0.25, 0.3) is 0 Å². The molecule has 10 heteroatoms. The van der Waals surface area contributed by atoms with Gasteiger partial charge in [-0.15, -0.1) is 0 Å². The number of hydrogen-bond acceptors (Lipinski definition) is 5. The van der Waals surface area contributed by atoms with E-state index in [9.17, 15) is 22.0 Å². The molecule has 1 unspecified atom stereocenters. The van der Waals surface area contributed by atoms with Crippen LogP contribution in [0.3, 0.4) is 0 Å². The van der Waals surface area contributed by atoms with Crippen molar-refractivity contribution in [3.63, 3.8) is 0 Å². The average Bonchev–Trinajstić information content (AvgIpc) is 2.62. The van der Waals surface area contributed by atoms with Crippen LogP contribution in [0.4, 0.5) is 13.6 Å². The molecule has 2 saturated heterocycles. The number of piperidine rings is 2. The van der Waals surface area contributed by atoms with Crippen molar-refractivity contribution in [3.8, 4) is 5.75 Å². The molecule has 2 aliphatic rings. The maximum atomic E-state index is 13.5. The number of rotatable bonds is 5. The lowest BCUT2D eigenvalue weighted by molar-refractivity contribution is -0.940. The van der Waals surface area contributed by atoms with E-state index in [1.807, 2.05) is 0 Å². The summed E-state index contributed by atoms with van der Waals surface area (Å²) >= 11 is 0. The van der Waals surface area contributed by atoms with Crippen LogP contribution in [0.1, 0.15) is 32.1 Å². The Bertz CT molecular complexity index is 788. The van der Waals surface area contributed by atoms with Crippen molar-refractivity contribution in [1.29, 1.82) is 0 Å². The Balaban J connectivity index is 1.52. The van der Waals surface area contributed by atoms with Gasteiger partial charge in [-0.1, -0.05) is 0 Å². The SMILES string of the molecule is O=C(NS(=O)(=O)Oc1ccc(F)cc1F)OC[C@@H]1CCC[NH+]2CCCC[C@@H]12. The number of benzene rings is 1. The largest absolute Gasteiger partial charge is 0.448 e. The predicted molar refractivity (Wildman–Crippen MR) is 91.4 cm³/mol. The molecule has 3 atom stereocenters. The quantitative estimate of drug-likeness (QED) is 0.768. The summed E-state index contributed by atoms with van der Waals surface area (Å²) in [6, 6.07) is 2.57. The Labute approximate surface area is 156 Å². The molecule has 7 nitrogen and oxygen atoms in total. The van der Waals surface area contributed by atoms with E-state index in [1.165, 1.54) is 11.3 Å². The normalized spacial score (nSPS) is 25.3. The fourth-order valence-corrected chi connectivity index (χ4v) is 4.65. The Kier molecular flexibility index (Phi) is 6.15. The standard InChI is InChI=1S/C17H22F2N2O5S/c18-13-6-7-16(14(19)10-13)26-27(23,24)20-17(22)25-11-12-4-3-9-21-8-2-1-5-15(12)21/h6-7,10,12,15H,1-5,8-9,11H2,(H,20,22)/p+1/t12-,15-/m0/s1. The van der Waals surface area contributed by atoms with E-state index < -0.39 is 33.8 Å². The molecule has 2 heterocycles. The molecule has 0 aliphatic carbocycles. The van der Waals surface area contributed by atoms with E-state index in [-0.39, 0.29) is 12.5 Å². The molecule has 0 bridgehead atoms. The molecular formula is C17H23F2N2O5S+. The Morgan fingerprint density at radius 2 is 1.96 bits per heavy atom. The number of amides is 1. The van der Waals surface area contributed by atoms with Gasteiger partial charge < -0.3 is 13.8 Å². The Hall–Kier alpha value is -1.94. The molecule has 0 saturated carbocycles. The molecule has 3 rings (SSSR count). The molecular weight excluding hydrogens is 382 g/mol. The molecule has 0 spiro atoms. The molecule has 150 valence electrons. The van der Waals surface area contributed by atoms with Gasteiger partial charge in [-0.3, -0.25) is 0 Å². The van der Waals surface area contributed by atoms with Crippen LogP contribution >= 0.6 is 0 Å². The van der Waals surface area contributed by atoms with Gasteiger partial charge in [0, 0.05) is 12.0 Å². The highest BCUT2D eigenvalue weighted by Gasteiger charge is 2.37. The first-order valence-corrected chi connectivity index (χ1v) is 10.4. The third kappa shape index (κ3) is 5.29. The summed E-state index contributed by atoms with van der Waals surface area (Å²) in [6.07, 6.45) is 4.24. The van der Waals surface area contributed by atoms with Gasteiger partial charge in [-0.05, 0) is 44.2 Å². The van der Waals surface area contributed by atoms with Gasteiger partial charge in [0.1, 0.15) is 12.4 Å². The summed E-state index contributed by atoms with van der Waals surface area (Å²) in [7, 11) is -4.64. The zero-order valence-corrected chi connectivity index (χ0v) is 15.6. The van der Waals surface area contributed by atoms with Crippen molar-refractivity contribution >= 4 is 16.4 Å². The summed E-state index contributed by atoms with van der Waals surface area (Å²) in [5.41, 5.74) is 0. The van der Waals surface area contributed by atoms with Gasteiger partial charge in [0.15, 0.2) is 11.6 Å². The van der Waals surface area contributed by atoms with Gasteiger partial charge in [-0.25, -0.2) is 13.6 Å². The second-order valence-corrected chi connectivity index (χ2v) is 8.25. The fraction of sp³-hybridized carbons (Fsp3) is 0.588. The summed E-state index contributed by atoms with van der Waals surface area (Å²) < 4.78 is 61.1. The molecule has 0 radical (unpaired) electrons. The number of quaternary nitrogens is 1. The second kappa shape index (κ2) is 8.39. The summed E-state index contributed by atoms with van der Waals surface area (Å²) in [6.45, 7) is 2.37. The monoisotopic (exact) mass is 405 g/mol. The summed E-state index contributed by atoms with van der Waals surface area (Å²) in [5.74, 6) is -2.60. The first kappa shape index (κ1) is 19.8. The molecule has 1 aromatic carbocycles. The summed E-state index contributed by atoms with van der Waals surface area (Å²) in [5, 5.41) is 0. The van der Waals surface area contributed by atoms with Crippen molar-refractivity contribution in [2.75, 3.05) is 19.7 Å². The van der Waals surface area contributed by atoms with Crippen LogP contribution in [0.2, 0.25) is 0 Å². The number of ether oxygens (including phenoxy) is 1. The highest BCUT2D eigenvalue weighted by Crippen LogP contribution is 2.21. The minimum absolute atomic E-state index is 0.125. The predicted octanol–water partition coefficient (Wildman–Crippen LogP) is 1.16. The van der Waals surface area contributed by atoms with Crippen molar-refractivity contribution in [1.82, 2.24) is 4.72 Å². The highest BCUT2D eigenvalue weighted by atomic mass is 32.2. The maximum Gasteiger partial charge on any atom is 0.423 e. The van der Waals surface area contributed by atoms with Crippen molar-refractivity contribution < 1.29 is 35.8 Å². The Morgan fingerprint density at radius 1 is 1.19 bits per heavy atom. The number of nitrogens with one attached hydrogen (secondary N) is 2. The number of carbonyl (C=O) groups is 1. The van der Waals surface area contributed by atoms with Crippen molar-refractivity contribution in [2.45, 2.75) is 38.1 Å². The van der Waals surface area contributed by atoms with E-state index in [0.29, 0.717) is 12.1 Å². The van der Waals surface area contributed by atoms with Gasteiger partial charge in [0.05, 0.1) is 19.1 Å². The van der Waals surface area contributed by atoms with Crippen LogP contribution in [0.15, 0.2) is 18.2 Å². The number of halogens is 2. The number of carbonyl (C=O) groups excluding carboxylic acids is 1. The van der Waals surface area contributed by atoms with E-state index >= 15 is 0 Å². The molecule has 2 fully saturated rings. The van der Waals surface area contributed by atoms with Crippen LogP contribution < -0.4 is 13.8 Å². The number of hydrogen-bond donors (Lipinski definition) is 2. The maximum absolute atomic E-state index is 13.5. The zero-order chi connectivity index (χ0) is 19.4. The lowest BCUT2D eigenvalue weighted by Gasteiger charge is -2.40. The molecule has 1 aromatic rings. The van der Waals surface area contributed by atoms with Gasteiger partial charge in [0.25, 0.3) is 0 Å². The van der Waals surface area contributed by atoms with Crippen LogP contribution in [-0.4, -0.2) is 40.2 Å².